The molecule has 2 N–H and O–H groups in total. The molecule has 1 heterocycles. The van der Waals surface area contributed by atoms with E-state index in [9.17, 15) is 23.1 Å². The molecular formula is C19H15F3N4O2. The van der Waals surface area contributed by atoms with E-state index in [1.165, 1.54) is 19.1 Å². The third kappa shape index (κ3) is 3.67. The highest BCUT2D eigenvalue weighted by atomic mass is 19.4. The Balaban J connectivity index is 1.80. The fourth-order valence-electron chi connectivity index (χ4n) is 2.94. The molecule has 2 aromatic carbocycles. The van der Waals surface area contributed by atoms with Crippen molar-refractivity contribution >= 4 is 17.3 Å². The maximum Gasteiger partial charge on any atom is 0.407 e. The van der Waals surface area contributed by atoms with E-state index in [2.05, 4.69) is 20.4 Å². The van der Waals surface area contributed by atoms with Gasteiger partial charge in [0.15, 0.2) is 11.2 Å². The molecule has 2 unspecified atom stereocenters. The first-order chi connectivity index (χ1) is 13.1. The summed E-state index contributed by atoms with van der Waals surface area (Å²) in [6, 6.07) is 8.97. The summed E-state index contributed by atoms with van der Waals surface area (Å²) in [5.74, 6) is -0.599. The molecule has 2 aromatic rings. The Morgan fingerprint density at radius 2 is 2.04 bits per heavy atom. The number of phenolic OH excluding ortho intramolecular Hbond substituents is 1. The number of hydrogen-bond acceptors (Lipinski definition) is 4. The summed E-state index contributed by atoms with van der Waals surface area (Å²) in [6.45, 7) is 8.37. The number of rotatable bonds is 3. The number of nitrogens with one attached hydrogen (secondary N) is 1. The summed E-state index contributed by atoms with van der Waals surface area (Å²) in [6.07, 6.45) is -4.56. The maximum absolute atomic E-state index is 13.1. The molecular weight excluding hydrogens is 373 g/mol. The predicted octanol–water partition coefficient (Wildman–Crippen LogP) is 5.26. The minimum Gasteiger partial charge on any atom is -0.508 e. The van der Waals surface area contributed by atoms with Crippen molar-refractivity contribution in [2.75, 3.05) is 5.32 Å². The molecule has 9 heteroatoms. The van der Waals surface area contributed by atoms with E-state index in [4.69, 9.17) is 6.57 Å². The van der Waals surface area contributed by atoms with Crippen LogP contribution in [-0.4, -0.2) is 16.6 Å². The molecule has 1 aliphatic heterocycles. The van der Waals surface area contributed by atoms with Crippen LogP contribution in [0.5, 0.6) is 5.75 Å². The minimum absolute atomic E-state index is 0.0284. The summed E-state index contributed by atoms with van der Waals surface area (Å²) in [5, 5.41) is 20.4. The normalized spacial score (nSPS) is 21.3. The molecule has 0 bridgehead atoms. The lowest BCUT2D eigenvalue weighted by molar-refractivity contribution is -0.136. The average molecular weight is 388 g/mol. The first-order valence-electron chi connectivity index (χ1n) is 8.24. The molecule has 0 saturated heterocycles. The Kier molecular flexibility index (Phi) is 4.81. The zero-order valence-corrected chi connectivity index (χ0v) is 14.7. The molecule has 144 valence electrons. The summed E-state index contributed by atoms with van der Waals surface area (Å²) >= 11 is 0. The van der Waals surface area contributed by atoms with Crippen LogP contribution in [-0.2, 0) is 11.0 Å². The van der Waals surface area contributed by atoms with Gasteiger partial charge < -0.3 is 10.4 Å². The van der Waals surface area contributed by atoms with E-state index in [1.807, 2.05) is 0 Å². The molecule has 0 aromatic heterocycles. The molecule has 2 atom stereocenters. The van der Waals surface area contributed by atoms with E-state index in [-0.39, 0.29) is 17.9 Å². The lowest BCUT2D eigenvalue weighted by atomic mass is 9.91. The number of carbonyl (C=O) groups excluding carboxylic acids is 1. The Labute approximate surface area is 158 Å². The van der Waals surface area contributed by atoms with E-state index < -0.39 is 34.9 Å². The SMILES string of the molecule is [C-]#[N+]c1ccc(NC(=O)C2(C)CC(c3ccccc3O)N=N2)cc1C(F)(F)F. The predicted molar refractivity (Wildman–Crippen MR) is 95.1 cm³/mol. The number of benzene rings is 2. The van der Waals surface area contributed by atoms with Crippen LogP contribution in [0.4, 0.5) is 24.5 Å². The number of aromatic hydroxyl groups is 1. The largest absolute Gasteiger partial charge is 0.508 e. The second kappa shape index (κ2) is 6.96. The third-order valence-electron chi connectivity index (χ3n) is 4.47. The molecule has 0 saturated carbocycles. The number of carbonyl (C=O) groups is 1. The molecule has 0 spiro atoms. The number of phenols is 1. The van der Waals surface area contributed by atoms with Gasteiger partial charge in [-0.15, -0.1) is 0 Å². The number of amides is 1. The lowest BCUT2D eigenvalue weighted by Gasteiger charge is -2.20. The Morgan fingerprint density at radius 1 is 1.32 bits per heavy atom. The van der Waals surface area contributed by atoms with Crippen LogP contribution in [0.3, 0.4) is 0 Å². The van der Waals surface area contributed by atoms with Gasteiger partial charge in [-0.2, -0.15) is 23.4 Å². The Hall–Kier alpha value is -3.41. The van der Waals surface area contributed by atoms with Crippen LogP contribution in [0, 0.1) is 6.57 Å². The molecule has 3 rings (SSSR count). The standard InChI is InChI=1S/C19H15F3N4O2/c1-18(10-15(25-26-18)12-5-3-4-6-16(12)27)17(28)24-11-7-8-14(23-2)13(9-11)19(20,21)22/h3-9,15,27H,10H2,1H3,(H,24,28). The lowest BCUT2D eigenvalue weighted by Crippen LogP contribution is -2.37. The average Bonchev–Trinajstić information content (AvgIpc) is 3.05. The van der Waals surface area contributed by atoms with Gasteiger partial charge in [0.05, 0.1) is 12.1 Å². The maximum atomic E-state index is 13.1. The highest BCUT2D eigenvalue weighted by Crippen LogP contribution is 2.41. The van der Waals surface area contributed by atoms with Crippen molar-refractivity contribution in [3.63, 3.8) is 0 Å². The van der Waals surface area contributed by atoms with Gasteiger partial charge in [-0.3, -0.25) is 4.79 Å². The van der Waals surface area contributed by atoms with Crippen molar-refractivity contribution in [3.8, 4) is 5.75 Å². The summed E-state index contributed by atoms with van der Waals surface area (Å²) in [5.41, 5.74) is -2.54. The van der Waals surface area contributed by atoms with Gasteiger partial charge in [-0.05, 0) is 25.1 Å². The first kappa shape index (κ1) is 19.4. The van der Waals surface area contributed by atoms with Crippen LogP contribution in [0.15, 0.2) is 52.7 Å². The van der Waals surface area contributed by atoms with Gasteiger partial charge in [-0.1, -0.05) is 24.3 Å². The smallest absolute Gasteiger partial charge is 0.407 e. The molecule has 6 nitrogen and oxygen atoms in total. The highest BCUT2D eigenvalue weighted by molar-refractivity contribution is 5.98. The molecule has 0 aliphatic carbocycles. The van der Waals surface area contributed by atoms with Gasteiger partial charge >= 0.3 is 6.18 Å². The molecule has 0 fully saturated rings. The van der Waals surface area contributed by atoms with Gasteiger partial charge in [0.1, 0.15) is 11.8 Å². The van der Waals surface area contributed by atoms with Crippen LogP contribution in [0.2, 0.25) is 0 Å². The summed E-state index contributed by atoms with van der Waals surface area (Å²) in [4.78, 5) is 15.5. The van der Waals surface area contributed by atoms with Crippen molar-refractivity contribution in [3.05, 3.63) is 65.0 Å². The van der Waals surface area contributed by atoms with Crippen molar-refractivity contribution in [2.45, 2.75) is 31.1 Å². The summed E-state index contributed by atoms with van der Waals surface area (Å²) in [7, 11) is 0. The third-order valence-corrected chi connectivity index (χ3v) is 4.47. The number of para-hydroxylation sites is 1. The number of hydrogen-bond donors (Lipinski definition) is 2. The highest BCUT2D eigenvalue weighted by Gasteiger charge is 2.42. The number of azo groups is 1. The Morgan fingerprint density at radius 3 is 2.68 bits per heavy atom. The number of halogens is 3. The van der Waals surface area contributed by atoms with E-state index in [0.717, 1.165) is 12.1 Å². The van der Waals surface area contributed by atoms with Crippen molar-refractivity contribution in [2.24, 2.45) is 10.2 Å². The van der Waals surface area contributed by atoms with Crippen molar-refractivity contribution in [1.82, 2.24) is 0 Å². The van der Waals surface area contributed by atoms with Crippen LogP contribution in [0.1, 0.15) is 30.5 Å². The van der Waals surface area contributed by atoms with Crippen LogP contribution >= 0.6 is 0 Å². The molecule has 28 heavy (non-hydrogen) atoms. The van der Waals surface area contributed by atoms with E-state index in [1.54, 1.807) is 18.2 Å². The fraction of sp³-hybridized carbons (Fsp3) is 0.263. The topological polar surface area (TPSA) is 78.4 Å². The summed E-state index contributed by atoms with van der Waals surface area (Å²) < 4.78 is 39.3. The molecule has 0 radical (unpaired) electrons. The minimum atomic E-state index is -4.71. The number of anilines is 1. The van der Waals surface area contributed by atoms with E-state index >= 15 is 0 Å². The van der Waals surface area contributed by atoms with Crippen LogP contribution < -0.4 is 5.32 Å². The van der Waals surface area contributed by atoms with Gasteiger partial charge in [0, 0.05) is 17.7 Å². The fourth-order valence-corrected chi connectivity index (χ4v) is 2.94. The zero-order valence-electron chi connectivity index (χ0n) is 14.7. The van der Waals surface area contributed by atoms with Crippen LogP contribution in [0.25, 0.3) is 4.85 Å². The monoisotopic (exact) mass is 388 g/mol. The quantitative estimate of drug-likeness (QED) is 0.704. The van der Waals surface area contributed by atoms with Gasteiger partial charge in [-0.25, -0.2) is 4.85 Å². The molecule has 1 amide bonds. The van der Waals surface area contributed by atoms with E-state index in [0.29, 0.717) is 5.56 Å². The molecule has 1 aliphatic rings. The number of nitrogens with zero attached hydrogens (tertiary/aromatic N) is 3. The van der Waals surface area contributed by atoms with Gasteiger partial charge in [0.25, 0.3) is 5.91 Å². The van der Waals surface area contributed by atoms with Gasteiger partial charge in [0.2, 0.25) is 0 Å². The van der Waals surface area contributed by atoms with Crippen molar-refractivity contribution in [1.29, 1.82) is 0 Å². The second-order valence-corrected chi connectivity index (χ2v) is 6.56. The second-order valence-electron chi connectivity index (χ2n) is 6.56. The van der Waals surface area contributed by atoms with Crippen molar-refractivity contribution < 1.29 is 23.1 Å². The Bertz CT molecular complexity index is 997. The number of alkyl halides is 3. The first-order valence-corrected chi connectivity index (χ1v) is 8.24. The zero-order chi connectivity index (χ0) is 20.5.